The number of amides is 1. The van der Waals surface area contributed by atoms with E-state index in [2.05, 4.69) is 5.32 Å². The number of benzene rings is 1. The van der Waals surface area contributed by atoms with Gasteiger partial charge in [0.15, 0.2) is 0 Å². The van der Waals surface area contributed by atoms with Gasteiger partial charge in [0, 0.05) is 25.3 Å². The van der Waals surface area contributed by atoms with Crippen LogP contribution in [-0.2, 0) is 9.53 Å². The Hall–Kier alpha value is -1.95. The Labute approximate surface area is 117 Å². The molecule has 108 valence electrons. The zero-order chi connectivity index (χ0) is 14.5. The molecule has 2 atom stereocenters. The van der Waals surface area contributed by atoms with E-state index in [9.17, 15) is 14.9 Å². The van der Waals surface area contributed by atoms with Crippen molar-refractivity contribution in [3.63, 3.8) is 0 Å². The number of hydrogen-bond acceptors (Lipinski definition) is 4. The molecule has 1 heterocycles. The highest BCUT2D eigenvalue weighted by Gasteiger charge is 2.20. The van der Waals surface area contributed by atoms with Crippen LogP contribution in [0.15, 0.2) is 24.3 Å². The minimum atomic E-state index is -0.452. The lowest BCUT2D eigenvalue weighted by Gasteiger charge is -2.15. The molecule has 0 bridgehead atoms. The summed E-state index contributed by atoms with van der Waals surface area (Å²) in [7, 11) is 0. The fourth-order valence-corrected chi connectivity index (χ4v) is 2.21. The number of nitro benzene ring substituents is 1. The maximum absolute atomic E-state index is 12.0. The first kappa shape index (κ1) is 14.5. The first-order valence-corrected chi connectivity index (χ1v) is 6.71. The number of nitrogens with zero attached hydrogens (tertiary/aromatic N) is 1. The van der Waals surface area contributed by atoms with E-state index < -0.39 is 4.92 Å². The van der Waals surface area contributed by atoms with Crippen LogP contribution in [0.1, 0.15) is 31.2 Å². The third kappa shape index (κ3) is 3.54. The van der Waals surface area contributed by atoms with Crippen molar-refractivity contribution in [3.05, 3.63) is 39.9 Å². The molecular formula is C14H18N2O4. The predicted octanol–water partition coefficient (Wildman–Crippen LogP) is 1.99. The van der Waals surface area contributed by atoms with Crippen molar-refractivity contribution in [3.8, 4) is 0 Å². The van der Waals surface area contributed by atoms with Crippen molar-refractivity contribution < 1.29 is 14.5 Å². The van der Waals surface area contributed by atoms with Crippen molar-refractivity contribution in [2.45, 2.75) is 31.8 Å². The lowest BCUT2D eigenvalue weighted by atomic mass is 10.00. The molecule has 0 aliphatic carbocycles. The van der Waals surface area contributed by atoms with Crippen LogP contribution in [0.2, 0.25) is 0 Å². The van der Waals surface area contributed by atoms with Crippen molar-refractivity contribution in [1.29, 1.82) is 0 Å². The number of carbonyl (C=O) groups is 1. The van der Waals surface area contributed by atoms with Gasteiger partial charge in [-0.15, -0.1) is 0 Å². The lowest BCUT2D eigenvalue weighted by Crippen LogP contribution is -2.34. The summed E-state index contributed by atoms with van der Waals surface area (Å²) in [4.78, 5) is 22.1. The molecule has 6 nitrogen and oxygen atoms in total. The second-order valence-electron chi connectivity index (χ2n) is 4.95. The average Bonchev–Trinajstić information content (AvgIpc) is 2.97. The summed E-state index contributed by atoms with van der Waals surface area (Å²) < 4.78 is 5.44. The van der Waals surface area contributed by atoms with Gasteiger partial charge in [-0.25, -0.2) is 0 Å². The molecule has 0 aromatic heterocycles. The van der Waals surface area contributed by atoms with Crippen LogP contribution in [0.4, 0.5) is 5.69 Å². The number of nitro groups is 1. The summed E-state index contributed by atoms with van der Waals surface area (Å²) in [6.45, 7) is 3.07. The van der Waals surface area contributed by atoms with Crippen LogP contribution in [-0.4, -0.2) is 30.1 Å². The topological polar surface area (TPSA) is 81.5 Å². The molecule has 2 rings (SSSR count). The fourth-order valence-electron chi connectivity index (χ4n) is 2.21. The van der Waals surface area contributed by atoms with Crippen molar-refractivity contribution >= 4 is 11.6 Å². The maximum Gasteiger partial charge on any atom is 0.269 e. The van der Waals surface area contributed by atoms with E-state index in [1.165, 1.54) is 12.1 Å². The summed E-state index contributed by atoms with van der Waals surface area (Å²) >= 11 is 0. The highest BCUT2D eigenvalue weighted by Crippen LogP contribution is 2.19. The molecule has 1 fully saturated rings. The summed E-state index contributed by atoms with van der Waals surface area (Å²) in [6, 6.07) is 6.07. The van der Waals surface area contributed by atoms with Crippen LogP contribution in [0.5, 0.6) is 0 Å². The monoisotopic (exact) mass is 278 g/mol. The SMILES string of the molecule is C[C@H](C(=O)NC[C@@H]1CCCO1)c1ccc([N+](=O)[O-])cc1. The quantitative estimate of drug-likeness (QED) is 0.659. The van der Waals surface area contributed by atoms with E-state index in [1.807, 2.05) is 0 Å². The minimum absolute atomic E-state index is 0.0284. The summed E-state index contributed by atoms with van der Waals surface area (Å²) in [5, 5.41) is 13.4. The number of nitrogens with one attached hydrogen (secondary N) is 1. The van der Waals surface area contributed by atoms with E-state index in [0.717, 1.165) is 25.0 Å². The first-order valence-electron chi connectivity index (χ1n) is 6.71. The van der Waals surface area contributed by atoms with Gasteiger partial charge in [0.25, 0.3) is 5.69 Å². The van der Waals surface area contributed by atoms with Gasteiger partial charge in [-0.05, 0) is 25.3 Å². The third-order valence-electron chi connectivity index (χ3n) is 3.53. The summed E-state index contributed by atoms with van der Waals surface area (Å²) in [6.07, 6.45) is 2.13. The fraction of sp³-hybridized carbons (Fsp3) is 0.500. The van der Waals surface area contributed by atoms with Crippen molar-refractivity contribution in [2.75, 3.05) is 13.2 Å². The largest absolute Gasteiger partial charge is 0.376 e. The van der Waals surface area contributed by atoms with E-state index in [1.54, 1.807) is 19.1 Å². The molecular weight excluding hydrogens is 260 g/mol. The van der Waals surface area contributed by atoms with Crippen molar-refractivity contribution in [2.24, 2.45) is 0 Å². The third-order valence-corrected chi connectivity index (χ3v) is 3.53. The van der Waals surface area contributed by atoms with Crippen LogP contribution >= 0.6 is 0 Å². The average molecular weight is 278 g/mol. The molecule has 0 radical (unpaired) electrons. The number of hydrogen-bond donors (Lipinski definition) is 1. The Kier molecular flexibility index (Phi) is 4.68. The number of rotatable bonds is 5. The Morgan fingerprint density at radius 3 is 2.75 bits per heavy atom. The smallest absolute Gasteiger partial charge is 0.269 e. The van der Waals surface area contributed by atoms with Gasteiger partial charge in [0.2, 0.25) is 5.91 Å². The van der Waals surface area contributed by atoms with E-state index >= 15 is 0 Å². The maximum atomic E-state index is 12.0. The van der Waals surface area contributed by atoms with Crippen LogP contribution in [0, 0.1) is 10.1 Å². The van der Waals surface area contributed by atoms with Gasteiger partial charge in [0.05, 0.1) is 16.9 Å². The Balaban J connectivity index is 1.90. The predicted molar refractivity (Wildman–Crippen MR) is 73.5 cm³/mol. The van der Waals surface area contributed by atoms with Gasteiger partial charge in [-0.3, -0.25) is 14.9 Å². The standard InChI is InChI=1S/C14H18N2O4/c1-10(11-4-6-12(7-5-11)16(18)19)14(17)15-9-13-3-2-8-20-13/h4-7,10,13H,2-3,8-9H2,1H3,(H,15,17)/t10-,13-/m0/s1. The normalized spacial score (nSPS) is 19.6. The van der Waals surface area contributed by atoms with E-state index in [-0.39, 0.29) is 23.6 Å². The highest BCUT2D eigenvalue weighted by molar-refractivity contribution is 5.83. The van der Waals surface area contributed by atoms with E-state index in [0.29, 0.717) is 6.54 Å². The Morgan fingerprint density at radius 1 is 1.50 bits per heavy atom. The van der Waals surface area contributed by atoms with E-state index in [4.69, 9.17) is 4.74 Å². The molecule has 0 spiro atoms. The van der Waals surface area contributed by atoms with Crippen molar-refractivity contribution in [1.82, 2.24) is 5.32 Å². The second kappa shape index (κ2) is 6.47. The van der Waals surface area contributed by atoms with Gasteiger partial charge < -0.3 is 10.1 Å². The molecule has 0 unspecified atom stereocenters. The van der Waals surface area contributed by atoms with Gasteiger partial charge in [0.1, 0.15) is 0 Å². The van der Waals surface area contributed by atoms with Gasteiger partial charge in [-0.1, -0.05) is 12.1 Å². The molecule has 1 aromatic carbocycles. The molecule has 0 saturated carbocycles. The molecule has 20 heavy (non-hydrogen) atoms. The molecule has 1 aliphatic rings. The summed E-state index contributed by atoms with van der Waals surface area (Å²) in [5.74, 6) is -0.424. The molecule has 1 N–H and O–H groups in total. The van der Waals surface area contributed by atoms with Crippen LogP contribution in [0.25, 0.3) is 0 Å². The molecule has 1 aliphatic heterocycles. The van der Waals surface area contributed by atoms with Crippen LogP contribution in [0.3, 0.4) is 0 Å². The van der Waals surface area contributed by atoms with Gasteiger partial charge in [-0.2, -0.15) is 0 Å². The lowest BCUT2D eigenvalue weighted by molar-refractivity contribution is -0.384. The molecule has 1 aromatic rings. The molecule has 1 amide bonds. The highest BCUT2D eigenvalue weighted by atomic mass is 16.6. The molecule has 6 heteroatoms. The zero-order valence-corrected chi connectivity index (χ0v) is 11.4. The zero-order valence-electron chi connectivity index (χ0n) is 11.4. The number of ether oxygens (including phenoxy) is 1. The number of carbonyl (C=O) groups excluding carboxylic acids is 1. The first-order chi connectivity index (χ1) is 9.58. The molecule has 1 saturated heterocycles. The summed E-state index contributed by atoms with van der Waals surface area (Å²) in [5.41, 5.74) is 0.793. The second-order valence-corrected chi connectivity index (χ2v) is 4.95. The Bertz CT molecular complexity index is 480. The minimum Gasteiger partial charge on any atom is -0.376 e. The number of non-ortho nitro benzene ring substituents is 1. The van der Waals surface area contributed by atoms with Crippen LogP contribution < -0.4 is 5.32 Å². The Morgan fingerprint density at radius 2 is 2.20 bits per heavy atom. The van der Waals surface area contributed by atoms with Gasteiger partial charge >= 0.3 is 0 Å².